The van der Waals surface area contributed by atoms with Crippen molar-refractivity contribution in [3.8, 4) is 0 Å². The Bertz CT molecular complexity index is 232. The van der Waals surface area contributed by atoms with Crippen molar-refractivity contribution < 1.29 is 19.5 Å². The Kier molecular flexibility index (Phi) is 6.38. The predicted molar refractivity (Wildman–Crippen MR) is 53.0 cm³/mol. The van der Waals surface area contributed by atoms with Crippen LogP contribution in [0.2, 0.25) is 6.04 Å². The van der Waals surface area contributed by atoms with E-state index in [1.54, 1.807) is 0 Å². The molecule has 0 unspecified atom stereocenters. The molecule has 0 aliphatic carbocycles. The first-order valence-electron chi connectivity index (χ1n) is 4.31. The highest BCUT2D eigenvalue weighted by Crippen LogP contribution is 1.82. The minimum Gasteiger partial charge on any atom is -0.480 e. The van der Waals surface area contributed by atoms with Crippen LogP contribution in [0.5, 0.6) is 0 Å². The fraction of sp³-hybridized carbons (Fsp3) is 0.571. The van der Waals surface area contributed by atoms with Crippen LogP contribution in [-0.4, -0.2) is 46.2 Å². The monoisotopic (exact) mass is 218 g/mol. The second-order valence-corrected chi connectivity index (χ2v) is 3.70. The first-order chi connectivity index (χ1) is 6.56. The average Bonchev–Trinajstić information content (AvgIpc) is 2.12. The number of carbonyl (C=O) groups excluding carboxylic acids is 2. The van der Waals surface area contributed by atoms with Gasteiger partial charge in [-0.05, 0) is 0 Å². The van der Waals surface area contributed by atoms with E-state index in [0.29, 0.717) is 6.42 Å². The van der Waals surface area contributed by atoms with Gasteiger partial charge < -0.3 is 15.7 Å². The second-order valence-electron chi connectivity index (χ2n) is 2.70. The van der Waals surface area contributed by atoms with Gasteiger partial charge in [0, 0.05) is 16.7 Å². The van der Waals surface area contributed by atoms with E-state index in [9.17, 15) is 14.4 Å². The van der Waals surface area contributed by atoms with Crippen LogP contribution in [0.1, 0.15) is 6.42 Å². The van der Waals surface area contributed by atoms with Gasteiger partial charge in [0.2, 0.25) is 11.8 Å². The molecular formula is C7H14N2O4Si. The van der Waals surface area contributed by atoms with Crippen molar-refractivity contribution in [3.05, 3.63) is 0 Å². The summed E-state index contributed by atoms with van der Waals surface area (Å²) >= 11 is 0. The Balaban J connectivity index is 3.53. The summed E-state index contributed by atoms with van der Waals surface area (Å²) in [6, 6.07) is 0.850. The molecule has 0 aromatic heterocycles. The molecule has 0 rings (SSSR count). The van der Waals surface area contributed by atoms with Crippen molar-refractivity contribution in [1.82, 2.24) is 10.6 Å². The number of carbonyl (C=O) groups is 3. The molecule has 3 N–H and O–H groups in total. The molecule has 0 radical (unpaired) electrons. The molecule has 0 aliphatic heterocycles. The minimum atomic E-state index is -1.11. The van der Waals surface area contributed by atoms with Crippen LogP contribution >= 0.6 is 0 Å². The highest BCUT2D eigenvalue weighted by atomic mass is 28.1. The Hall–Kier alpha value is -1.37. The molecule has 0 fully saturated rings. The number of nitrogens with one attached hydrogen (secondary N) is 2. The Morgan fingerprint density at radius 3 is 2.14 bits per heavy atom. The van der Waals surface area contributed by atoms with Crippen molar-refractivity contribution in [3.63, 3.8) is 0 Å². The van der Waals surface area contributed by atoms with Gasteiger partial charge in [0.15, 0.2) is 0 Å². The van der Waals surface area contributed by atoms with E-state index in [2.05, 4.69) is 10.6 Å². The van der Waals surface area contributed by atoms with E-state index in [1.165, 1.54) is 0 Å². The van der Waals surface area contributed by atoms with Crippen molar-refractivity contribution in [1.29, 1.82) is 0 Å². The normalized spacial score (nSPS) is 9.43. The van der Waals surface area contributed by atoms with Crippen LogP contribution in [0.4, 0.5) is 0 Å². The summed E-state index contributed by atoms with van der Waals surface area (Å²) < 4.78 is 0. The summed E-state index contributed by atoms with van der Waals surface area (Å²) in [6.07, 6.45) is 0.429. The molecule has 14 heavy (non-hydrogen) atoms. The lowest BCUT2D eigenvalue weighted by Gasteiger charge is -2.03. The van der Waals surface area contributed by atoms with E-state index in [-0.39, 0.29) is 12.5 Å². The van der Waals surface area contributed by atoms with E-state index >= 15 is 0 Å². The van der Waals surface area contributed by atoms with E-state index in [1.807, 2.05) is 0 Å². The molecule has 0 atom stereocenters. The fourth-order valence-corrected chi connectivity index (χ4v) is 1.19. The van der Waals surface area contributed by atoms with Crippen LogP contribution in [-0.2, 0) is 14.4 Å². The van der Waals surface area contributed by atoms with Gasteiger partial charge in [0.1, 0.15) is 6.54 Å². The molecule has 80 valence electrons. The lowest BCUT2D eigenvalue weighted by molar-refractivity contribution is -0.137. The van der Waals surface area contributed by atoms with Gasteiger partial charge in [-0.3, -0.25) is 14.4 Å². The first kappa shape index (κ1) is 12.6. The van der Waals surface area contributed by atoms with Crippen LogP contribution in [0, 0.1) is 0 Å². The minimum absolute atomic E-state index is 0.159. The van der Waals surface area contributed by atoms with Gasteiger partial charge in [-0.1, -0.05) is 6.04 Å². The third-order valence-electron chi connectivity index (χ3n) is 1.36. The van der Waals surface area contributed by atoms with Crippen molar-refractivity contribution in [2.24, 2.45) is 0 Å². The summed E-state index contributed by atoms with van der Waals surface area (Å²) in [6.45, 7) is -0.580. The van der Waals surface area contributed by atoms with Gasteiger partial charge in [-0.25, -0.2) is 0 Å². The molecule has 7 heteroatoms. The maximum absolute atomic E-state index is 10.9. The fourth-order valence-electron chi connectivity index (χ4n) is 0.731. The van der Waals surface area contributed by atoms with Gasteiger partial charge in [0.05, 0.1) is 6.54 Å². The quantitative estimate of drug-likeness (QED) is 0.429. The van der Waals surface area contributed by atoms with Gasteiger partial charge in [-0.2, -0.15) is 0 Å². The number of aliphatic carboxylic acids is 1. The highest BCUT2D eigenvalue weighted by Gasteiger charge is 2.05. The zero-order chi connectivity index (χ0) is 11.0. The van der Waals surface area contributed by atoms with Crippen molar-refractivity contribution in [2.45, 2.75) is 12.5 Å². The Morgan fingerprint density at radius 2 is 1.64 bits per heavy atom. The lowest BCUT2D eigenvalue weighted by Crippen LogP contribution is -2.38. The summed E-state index contributed by atoms with van der Waals surface area (Å²) in [5, 5.41) is 12.7. The number of carboxylic acids is 1. The molecule has 0 aromatic rings. The lowest BCUT2D eigenvalue weighted by atomic mass is 10.4. The van der Waals surface area contributed by atoms with Gasteiger partial charge >= 0.3 is 5.97 Å². The largest absolute Gasteiger partial charge is 0.480 e. The van der Waals surface area contributed by atoms with Gasteiger partial charge in [-0.15, -0.1) is 0 Å². The summed E-state index contributed by atoms with van der Waals surface area (Å²) in [5.74, 6) is -1.77. The molecule has 0 aliphatic rings. The maximum Gasteiger partial charge on any atom is 0.322 e. The van der Waals surface area contributed by atoms with Crippen LogP contribution in [0.25, 0.3) is 0 Å². The van der Waals surface area contributed by atoms with Crippen LogP contribution in [0.15, 0.2) is 0 Å². The van der Waals surface area contributed by atoms with E-state index in [0.717, 1.165) is 16.3 Å². The zero-order valence-corrected chi connectivity index (χ0v) is 10.0. The molecule has 0 saturated carbocycles. The SMILES string of the molecule is O=C(O)CNC(=O)CNC(=O)CC[SiH3]. The van der Waals surface area contributed by atoms with Gasteiger partial charge in [0.25, 0.3) is 0 Å². The number of amides is 2. The summed E-state index contributed by atoms with van der Waals surface area (Å²) in [7, 11) is 0.950. The Labute approximate surface area is 84.5 Å². The molecular weight excluding hydrogens is 204 g/mol. The molecule has 6 nitrogen and oxygen atoms in total. The number of carboxylic acid groups (broad SMARTS) is 1. The van der Waals surface area contributed by atoms with Crippen molar-refractivity contribution in [2.75, 3.05) is 13.1 Å². The predicted octanol–water partition coefficient (Wildman–Crippen LogP) is -2.52. The van der Waals surface area contributed by atoms with E-state index < -0.39 is 18.4 Å². The molecule has 0 heterocycles. The molecule has 0 aromatic carbocycles. The standard InChI is InChI=1S/C7H14N2O4Si/c10-5(1-2-14)8-3-6(11)9-4-7(12)13/h1-4H2,14H3,(H,8,10)(H,9,11)(H,12,13). The molecule has 0 bridgehead atoms. The molecule has 2 amide bonds. The second kappa shape index (κ2) is 7.07. The molecule has 0 spiro atoms. The van der Waals surface area contributed by atoms with E-state index in [4.69, 9.17) is 5.11 Å². The molecule has 0 saturated heterocycles. The zero-order valence-electron chi connectivity index (χ0n) is 8.00. The smallest absolute Gasteiger partial charge is 0.322 e. The third-order valence-corrected chi connectivity index (χ3v) is 1.86. The first-order valence-corrected chi connectivity index (χ1v) is 5.73. The average molecular weight is 218 g/mol. The topological polar surface area (TPSA) is 95.5 Å². The number of hydrogen-bond donors (Lipinski definition) is 3. The highest BCUT2D eigenvalue weighted by molar-refractivity contribution is 6.10. The summed E-state index contributed by atoms with van der Waals surface area (Å²) in [4.78, 5) is 31.8. The third kappa shape index (κ3) is 7.29. The van der Waals surface area contributed by atoms with Crippen LogP contribution < -0.4 is 10.6 Å². The summed E-state index contributed by atoms with van der Waals surface area (Å²) in [5.41, 5.74) is 0. The Morgan fingerprint density at radius 1 is 1.07 bits per heavy atom. The number of hydrogen-bond acceptors (Lipinski definition) is 3. The maximum atomic E-state index is 10.9. The number of rotatable bonds is 6. The van der Waals surface area contributed by atoms with Crippen molar-refractivity contribution >= 4 is 28.0 Å². The van der Waals surface area contributed by atoms with Crippen LogP contribution in [0.3, 0.4) is 0 Å².